The number of nitrogens with two attached hydrogens (primary N) is 1. The molecule has 210 valence electrons. The van der Waals surface area contributed by atoms with Gasteiger partial charge in [0.15, 0.2) is 0 Å². The highest BCUT2D eigenvalue weighted by Crippen LogP contribution is 2.28. The summed E-state index contributed by atoms with van der Waals surface area (Å²) in [6.07, 6.45) is 4.18. The van der Waals surface area contributed by atoms with E-state index < -0.39 is 6.43 Å². The van der Waals surface area contributed by atoms with Crippen LogP contribution in [0.15, 0.2) is 40.7 Å². The van der Waals surface area contributed by atoms with Crippen LogP contribution in [0.5, 0.6) is 0 Å². The zero-order valence-electron chi connectivity index (χ0n) is 23.7. The number of allylic oxidation sites excluding steroid dienone is 2. The average molecular weight is 523 g/mol. The Balaban J connectivity index is 0.000000637. The summed E-state index contributed by atoms with van der Waals surface area (Å²) in [5, 5.41) is 12.5. The van der Waals surface area contributed by atoms with Crippen LogP contribution in [-0.2, 0) is 11.2 Å². The topological polar surface area (TPSA) is 104 Å². The standard InChI is InChI=1S/C14H18F2N2.C12H23N3O.C2H7N/c1-3-4-10-5-6-12(14(15)16)13(7-10)11(8-17)9-18-2;1-9(2)12(5-7-14-10(3)16)15-11-4-6-13-8-11;1-3-2/h5-9,14H,3-4,17H2,1-2H3;11,13,15H,4-8H2,1-3H3,(H,14,16);3H,1-2H3/b11-8+,18-9?;;. The van der Waals surface area contributed by atoms with Crippen molar-refractivity contribution in [2.24, 2.45) is 10.7 Å². The van der Waals surface area contributed by atoms with Gasteiger partial charge in [-0.3, -0.25) is 9.79 Å². The summed E-state index contributed by atoms with van der Waals surface area (Å²) < 4.78 is 25.9. The summed E-state index contributed by atoms with van der Waals surface area (Å²) in [5.41, 5.74) is 10.1. The first-order chi connectivity index (χ1) is 17.6. The zero-order chi connectivity index (χ0) is 28.2. The molecule has 6 N–H and O–H groups in total. The molecule has 1 aromatic rings. The number of nitrogens with one attached hydrogen (secondary N) is 4. The van der Waals surface area contributed by atoms with E-state index >= 15 is 0 Å². The lowest BCUT2D eigenvalue weighted by molar-refractivity contribution is -0.118. The molecule has 0 bridgehead atoms. The van der Waals surface area contributed by atoms with Crippen molar-refractivity contribution >= 4 is 17.7 Å². The molecule has 1 aliphatic rings. The van der Waals surface area contributed by atoms with Gasteiger partial charge >= 0.3 is 0 Å². The summed E-state index contributed by atoms with van der Waals surface area (Å²) in [5.74, 6) is 0.0376. The minimum absolute atomic E-state index is 0.00791. The van der Waals surface area contributed by atoms with Crippen molar-refractivity contribution in [3.05, 3.63) is 52.4 Å². The van der Waals surface area contributed by atoms with E-state index in [0.717, 1.165) is 37.9 Å². The number of halogens is 2. The van der Waals surface area contributed by atoms with Crippen molar-refractivity contribution in [1.29, 1.82) is 0 Å². The molecule has 0 radical (unpaired) electrons. The number of benzene rings is 1. The van der Waals surface area contributed by atoms with Crippen LogP contribution in [0.3, 0.4) is 0 Å². The van der Waals surface area contributed by atoms with E-state index in [-0.39, 0.29) is 11.5 Å². The third kappa shape index (κ3) is 14.5. The van der Waals surface area contributed by atoms with Crippen molar-refractivity contribution in [1.82, 2.24) is 21.3 Å². The first-order valence-corrected chi connectivity index (χ1v) is 12.9. The Morgan fingerprint density at radius 1 is 1.27 bits per heavy atom. The van der Waals surface area contributed by atoms with Crippen LogP contribution in [0.25, 0.3) is 5.57 Å². The fourth-order valence-corrected chi connectivity index (χ4v) is 3.68. The van der Waals surface area contributed by atoms with Gasteiger partial charge < -0.3 is 27.0 Å². The summed E-state index contributed by atoms with van der Waals surface area (Å²) in [4.78, 5) is 14.6. The number of alkyl halides is 2. The van der Waals surface area contributed by atoms with Gasteiger partial charge in [0.1, 0.15) is 0 Å². The minimum Gasteiger partial charge on any atom is -0.404 e. The van der Waals surface area contributed by atoms with E-state index in [1.807, 2.05) is 21.0 Å². The number of hydrogen-bond acceptors (Lipinski definition) is 6. The number of nitrogens with zero attached hydrogens (tertiary/aromatic N) is 1. The van der Waals surface area contributed by atoms with Gasteiger partial charge in [0.25, 0.3) is 6.43 Å². The van der Waals surface area contributed by atoms with Gasteiger partial charge in [-0.15, -0.1) is 0 Å². The molecule has 2 rings (SSSR count). The lowest BCUT2D eigenvalue weighted by Gasteiger charge is -2.18. The Morgan fingerprint density at radius 3 is 2.41 bits per heavy atom. The molecular formula is C28H48F2N6O. The third-order valence-electron chi connectivity index (χ3n) is 5.44. The third-order valence-corrected chi connectivity index (χ3v) is 5.44. The average Bonchev–Trinajstić information content (AvgIpc) is 3.36. The number of carbonyl (C=O) groups excluding carboxylic acids is 1. The fraction of sp³-hybridized carbons (Fsp3) is 0.571. The summed E-state index contributed by atoms with van der Waals surface area (Å²) in [6.45, 7) is 10.7. The predicted molar refractivity (Wildman–Crippen MR) is 153 cm³/mol. The molecule has 1 unspecified atom stereocenters. The molecule has 1 atom stereocenters. The van der Waals surface area contributed by atoms with Crippen LogP contribution in [0.2, 0.25) is 0 Å². The van der Waals surface area contributed by atoms with Gasteiger partial charge in [0, 0.05) is 68.8 Å². The van der Waals surface area contributed by atoms with Crippen molar-refractivity contribution in [3.8, 4) is 0 Å². The minimum atomic E-state index is -2.52. The van der Waals surface area contributed by atoms with Gasteiger partial charge in [0.2, 0.25) is 5.91 Å². The highest BCUT2D eigenvalue weighted by molar-refractivity contribution is 6.10. The van der Waals surface area contributed by atoms with Crippen molar-refractivity contribution in [2.45, 2.75) is 65.8 Å². The SMILES string of the molecule is CC(=O)NCCC(NC1CCNC1)=C(C)C.CCCc1ccc(C(F)F)c(/C(C=NC)=C/N)c1.CNC. The van der Waals surface area contributed by atoms with E-state index in [4.69, 9.17) is 5.73 Å². The van der Waals surface area contributed by atoms with E-state index in [9.17, 15) is 13.6 Å². The van der Waals surface area contributed by atoms with Gasteiger partial charge in [-0.2, -0.15) is 0 Å². The summed E-state index contributed by atoms with van der Waals surface area (Å²) in [6, 6.07) is 5.52. The van der Waals surface area contributed by atoms with E-state index in [0.29, 0.717) is 23.7 Å². The van der Waals surface area contributed by atoms with Gasteiger partial charge in [-0.1, -0.05) is 37.1 Å². The zero-order valence-corrected chi connectivity index (χ0v) is 23.7. The molecule has 0 saturated carbocycles. The molecule has 0 aromatic heterocycles. The number of rotatable bonds is 10. The first kappa shape index (κ1) is 34.2. The second kappa shape index (κ2) is 20.3. The van der Waals surface area contributed by atoms with Crippen LogP contribution in [0.4, 0.5) is 8.78 Å². The Bertz CT molecular complexity index is 873. The van der Waals surface area contributed by atoms with Crippen molar-refractivity contribution in [2.75, 3.05) is 40.8 Å². The molecule has 1 fully saturated rings. The summed E-state index contributed by atoms with van der Waals surface area (Å²) in [7, 11) is 5.33. The summed E-state index contributed by atoms with van der Waals surface area (Å²) >= 11 is 0. The number of amides is 1. The van der Waals surface area contributed by atoms with E-state index in [2.05, 4.69) is 40.1 Å². The predicted octanol–water partition coefficient (Wildman–Crippen LogP) is 4.17. The van der Waals surface area contributed by atoms with Gasteiger partial charge in [-0.25, -0.2) is 8.78 Å². The van der Waals surface area contributed by atoms with Crippen molar-refractivity contribution in [3.63, 3.8) is 0 Å². The lowest BCUT2D eigenvalue weighted by Crippen LogP contribution is -2.32. The Hall–Kier alpha value is -2.78. The smallest absolute Gasteiger partial charge is 0.264 e. The van der Waals surface area contributed by atoms with Crippen LogP contribution < -0.4 is 27.0 Å². The number of aryl methyl sites for hydroxylation is 1. The first-order valence-electron chi connectivity index (χ1n) is 12.9. The van der Waals surface area contributed by atoms with Crippen LogP contribution >= 0.6 is 0 Å². The van der Waals surface area contributed by atoms with Crippen LogP contribution in [0.1, 0.15) is 70.1 Å². The fourth-order valence-electron chi connectivity index (χ4n) is 3.68. The molecule has 1 aliphatic heterocycles. The Kier molecular flexibility index (Phi) is 18.8. The second-order valence-corrected chi connectivity index (χ2v) is 9.03. The molecule has 9 heteroatoms. The van der Waals surface area contributed by atoms with Gasteiger partial charge in [0.05, 0.1) is 0 Å². The van der Waals surface area contributed by atoms with E-state index in [1.54, 1.807) is 26.1 Å². The molecule has 37 heavy (non-hydrogen) atoms. The molecule has 0 aliphatic carbocycles. The molecular weight excluding hydrogens is 474 g/mol. The largest absolute Gasteiger partial charge is 0.404 e. The highest BCUT2D eigenvalue weighted by Gasteiger charge is 2.16. The van der Waals surface area contributed by atoms with Crippen molar-refractivity contribution < 1.29 is 13.6 Å². The van der Waals surface area contributed by atoms with Gasteiger partial charge in [-0.05, 0) is 58.5 Å². The number of hydrogen-bond donors (Lipinski definition) is 5. The molecule has 7 nitrogen and oxygen atoms in total. The van der Waals surface area contributed by atoms with Crippen LogP contribution in [-0.4, -0.2) is 58.9 Å². The maximum atomic E-state index is 13.0. The number of aliphatic imine (C=N–C) groups is 1. The second-order valence-electron chi connectivity index (χ2n) is 9.03. The molecule has 1 amide bonds. The Labute approximate surface area is 222 Å². The van der Waals surface area contributed by atoms with Crippen LogP contribution in [0, 0.1) is 0 Å². The molecule has 1 saturated heterocycles. The maximum absolute atomic E-state index is 13.0. The quantitative estimate of drug-likeness (QED) is 0.297. The lowest BCUT2D eigenvalue weighted by atomic mass is 9.96. The van der Waals surface area contributed by atoms with E-state index in [1.165, 1.54) is 36.2 Å². The normalized spacial score (nSPS) is 15.0. The highest BCUT2D eigenvalue weighted by atomic mass is 19.3. The molecule has 1 heterocycles. The molecule has 1 aromatic carbocycles. The number of carbonyl (C=O) groups is 1. The monoisotopic (exact) mass is 522 g/mol. The maximum Gasteiger partial charge on any atom is 0.264 e. The Morgan fingerprint density at radius 2 is 1.95 bits per heavy atom. The molecule has 0 spiro atoms.